The lowest BCUT2D eigenvalue weighted by Gasteiger charge is -2.20. The Hall–Kier alpha value is -0.860. The minimum Gasteiger partial charge on any atom is -0.304 e. The minimum absolute atomic E-state index is 0.219. The molecule has 0 unspecified atom stereocenters. The Morgan fingerprint density at radius 1 is 1.20 bits per heavy atom. The van der Waals surface area contributed by atoms with Gasteiger partial charge < -0.3 is 4.84 Å². The van der Waals surface area contributed by atoms with E-state index in [-0.39, 0.29) is 5.41 Å². The molecule has 0 atom stereocenters. The fourth-order valence-electron chi connectivity index (χ4n) is 2.79. The lowest BCUT2D eigenvalue weighted by molar-refractivity contribution is 0.115. The van der Waals surface area contributed by atoms with Gasteiger partial charge in [0.2, 0.25) is 0 Å². The van der Waals surface area contributed by atoms with Gasteiger partial charge in [-0.25, -0.2) is 5.90 Å². The first-order chi connectivity index (χ1) is 7.09. The Bertz CT molecular complexity index is 357. The van der Waals surface area contributed by atoms with Crippen LogP contribution in [0.4, 0.5) is 0 Å². The molecule has 1 fully saturated rings. The number of rotatable bonds is 3. The monoisotopic (exact) mass is 205 g/mol. The fourth-order valence-corrected chi connectivity index (χ4v) is 2.79. The van der Waals surface area contributed by atoms with E-state index in [1.165, 1.54) is 35.1 Å². The molecule has 0 aromatic heterocycles. The van der Waals surface area contributed by atoms with Gasteiger partial charge in [-0.15, -0.1) is 0 Å². The molecule has 2 rings (SSSR count). The van der Waals surface area contributed by atoms with Crippen molar-refractivity contribution in [3.63, 3.8) is 0 Å². The molecule has 0 heterocycles. The molecule has 1 aliphatic carbocycles. The van der Waals surface area contributed by atoms with Crippen molar-refractivity contribution >= 4 is 0 Å². The van der Waals surface area contributed by atoms with Crippen LogP contribution in [0.1, 0.15) is 35.1 Å². The summed E-state index contributed by atoms with van der Waals surface area (Å²) in [5, 5.41) is 0. The first-order valence-corrected chi connectivity index (χ1v) is 5.49. The van der Waals surface area contributed by atoms with Crippen molar-refractivity contribution in [2.75, 3.05) is 6.61 Å². The minimum atomic E-state index is 0.219. The van der Waals surface area contributed by atoms with E-state index >= 15 is 0 Å². The van der Waals surface area contributed by atoms with E-state index in [4.69, 9.17) is 10.7 Å². The summed E-state index contributed by atoms with van der Waals surface area (Å²) in [6, 6.07) is 4.50. The van der Waals surface area contributed by atoms with Crippen molar-refractivity contribution in [3.8, 4) is 0 Å². The van der Waals surface area contributed by atoms with Crippen LogP contribution < -0.4 is 5.90 Å². The quantitative estimate of drug-likeness (QED) is 0.770. The van der Waals surface area contributed by atoms with Gasteiger partial charge in [-0.3, -0.25) is 0 Å². The average molecular weight is 205 g/mol. The lowest BCUT2D eigenvalue weighted by Crippen LogP contribution is -2.20. The van der Waals surface area contributed by atoms with Crippen molar-refractivity contribution in [1.29, 1.82) is 0 Å². The molecular formula is C13H19NO. The van der Waals surface area contributed by atoms with Crippen LogP contribution >= 0.6 is 0 Å². The highest BCUT2D eigenvalue weighted by atomic mass is 16.6. The number of nitrogens with two attached hydrogens (primary N) is 1. The van der Waals surface area contributed by atoms with Crippen molar-refractivity contribution in [3.05, 3.63) is 34.4 Å². The fraction of sp³-hybridized carbons (Fsp3) is 0.538. The molecule has 0 bridgehead atoms. The van der Waals surface area contributed by atoms with Crippen LogP contribution in [-0.2, 0) is 10.3 Å². The third-order valence-corrected chi connectivity index (χ3v) is 3.42. The summed E-state index contributed by atoms with van der Waals surface area (Å²) in [5.41, 5.74) is 5.76. The smallest absolute Gasteiger partial charge is 0.0776 e. The number of hydrogen-bond donors (Lipinski definition) is 1. The molecule has 1 aromatic rings. The molecule has 0 radical (unpaired) electrons. The predicted octanol–water partition coefficient (Wildman–Crippen LogP) is 2.53. The van der Waals surface area contributed by atoms with Gasteiger partial charge in [-0.05, 0) is 50.3 Å². The first kappa shape index (κ1) is 10.7. The molecule has 0 spiro atoms. The van der Waals surface area contributed by atoms with Crippen molar-refractivity contribution in [1.82, 2.24) is 0 Å². The molecule has 1 aliphatic rings. The third kappa shape index (κ3) is 1.80. The molecule has 2 N–H and O–H groups in total. The van der Waals surface area contributed by atoms with Gasteiger partial charge >= 0.3 is 0 Å². The van der Waals surface area contributed by atoms with Gasteiger partial charge in [-0.2, -0.15) is 0 Å². The molecule has 0 aliphatic heterocycles. The zero-order chi connectivity index (χ0) is 11.1. The predicted molar refractivity (Wildman–Crippen MR) is 61.7 cm³/mol. The summed E-state index contributed by atoms with van der Waals surface area (Å²) in [5.74, 6) is 5.22. The van der Waals surface area contributed by atoms with Crippen LogP contribution in [0.15, 0.2) is 12.1 Å². The molecule has 2 heteroatoms. The van der Waals surface area contributed by atoms with E-state index in [2.05, 4.69) is 32.9 Å². The second-order valence-corrected chi connectivity index (χ2v) is 4.87. The van der Waals surface area contributed by atoms with Crippen LogP contribution in [0.5, 0.6) is 0 Å². The van der Waals surface area contributed by atoms with Crippen LogP contribution in [0.25, 0.3) is 0 Å². The molecule has 2 nitrogen and oxygen atoms in total. The van der Waals surface area contributed by atoms with Crippen LogP contribution in [0.2, 0.25) is 0 Å². The number of hydrogen-bond acceptors (Lipinski definition) is 2. The average Bonchev–Trinajstić information content (AvgIpc) is 2.83. The van der Waals surface area contributed by atoms with E-state index in [0.29, 0.717) is 6.61 Å². The van der Waals surface area contributed by atoms with Gasteiger partial charge in [0.05, 0.1) is 6.61 Å². The molecule has 0 saturated heterocycles. The molecule has 82 valence electrons. The standard InChI is InChI=1S/C13H19NO/c1-9-6-10(2)12(11(3)7-9)13(4-5-13)8-15-14/h6-7H,4-5,8,14H2,1-3H3. The SMILES string of the molecule is Cc1cc(C)c(C2(CON)CC2)c(C)c1. The van der Waals surface area contributed by atoms with Gasteiger partial charge in [0.25, 0.3) is 0 Å². The third-order valence-electron chi connectivity index (χ3n) is 3.42. The number of aryl methyl sites for hydroxylation is 3. The first-order valence-electron chi connectivity index (χ1n) is 5.49. The maximum absolute atomic E-state index is 5.22. The summed E-state index contributed by atoms with van der Waals surface area (Å²) >= 11 is 0. The van der Waals surface area contributed by atoms with E-state index < -0.39 is 0 Å². The Labute approximate surface area is 91.4 Å². The van der Waals surface area contributed by atoms with E-state index in [0.717, 1.165) is 0 Å². The molecular weight excluding hydrogens is 186 g/mol. The maximum atomic E-state index is 5.22. The van der Waals surface area contributed by atoms with Crippen molar-refractivity contribution < 1.29 is 4.84 Å². The maximum Gasteiger partial charge on any atom is 0.0776 e. The van der Waals surface area contributed by atoms with Gasteiger partial charge in [0.1, 0.15) is 0 Å². The molecule has 1 saturated carbocycles. The second kappa shape index (κ2) is 3.62. The Morgan fingerprint density at radius 3 is 2.13 bits per heavy atom. The van der Waals surface area contributed by atoms with Crippen molar-refractivity contribution in [2.45, 2.75) is 39.0 Å². The number of benzene rings is 1. The largest absolute Gasteiger partial charge is 0.304 e. The topological polar surface area (TPSA) is 35.2 Å². The molecule has 15 heavy (non-hydrogen) atoms. The summed E-state index contributed by atoms with van der Waals surface area (Å²) in [6.45, 7) is 7.17. The highest BCUT2D eigenvalue weighted by molar-refractivity contribution is 5.45. The highest BCUT2D eigenvalue weighted by Gasteiger charge is 2.46. The summed E-state index contributed by atoms with van der Waals surface area (Å²) in [6.07, 6.45) is 2.41. The van der Waals surface area contributed by atoms with Crippen LogP contribution in [0.3, 0.4) is 0 Å². The van der Waals surface area contributed by atoms with Crippen LogP contribution in [-0.4, -0.2) is 6.61 Å². The molecule has 0 amide bonds. The Balaban J connectivity index is 2.44. The van der Waals surface area contributed by atoms with Gasteiger partial charge in [0.15, 0.2) is 0 Å². The Morgan fingerprint density at radius 2 is 1.73 bits per heavy atom. The lowest BCUT2D eigenvalue weighted by atomic mass is 9.87. The second-order valence-electron chi connectivity index (χ2n) is 4.87. The Kier molecular flexibility index (Phi) is 2.57. The molecule has 1 aromatic carbocycles. The van der Waals surface area contributed by atoms with Gasteiger partial charge in [-0.1, -0.05) is 17.7 Å². The zero-order valence-corrected chi connectivity index (χ0v) is 9.76. The zero-order valence-electron chi connectivity index (χ0n) is 9.76. The van der Waals surface area contributed by atoms with E-state index in [1.54, 1.807) is 0 Å². The summed E-state index contributed by atoms with van der Waals surface area (Å²) in [7, 11) is 0. The van der Waals surface area contributed by atoms with Crippen LogP contribution in [0, 0.1) is 20.8 Å². The summed E-state index contributed by atoms with van der Waals surface area (Å²) in [4.78, 5) is 4.86. The van der Waals surface area contributed by atoms with E-state index in [1.807, 2.05) is 0 Å². The highest BCUT2D eigenvalue weighted by Crippen LogP contribution is 2.50. The normalized spacial score (nSPS) is 17.9. The summed E-state index contributed by atoms with van der Waals surface area (Å²) < 4.78 is 0. The van der Waals surface area contributed by atoms with Gasteiger partial charge in [0, 0.05) is 5.41 Å². The van der Waals surface area contributed by atoms with E-state index in [9.17, 15) is 0 Å². The van der Waals surface area contributed by atoms with Crippen molar-refractivity contribution in [2.24, 2.45) is 5.90 Å².